The summed E-state index contributed by atoms with van der Waals surface area (Å²) in [5.74, 6) is -0.352. The molecule has 0 spiro atoms. The molecule has 1 aliphatic rings. The third-order valence-electron chi connectivity index (χ3n) is 5.73. The first-order valence-electron chi connectivity index (χ1n) is 10.0. The second kappa shape index (κ2) is 8.12. The van der Waals surface area contributed by atoms with E-state index in [0.717, 1.165) is 33.2 Å². The first-order valence-corrected chi connectivity index (χ1v) is 10.8. The lowest BCUT2D eigenvalue weighted by molar-refractivity contribution is 0.275. The van der Waals surface area contributed by atoms with Crippen LogP contribution in [0.4, 0.5) is 4.39 Å². The molecule has 31 heavy (non-hydrogen) atoms. The molecule has 2 heterocycles. The fourth-order valence-electron chi connectivity index (χ4n) is 4.38. The van der Waals surface area contributed by atoms with Crippen LogP contribution in [0.25, 0.3) is 10.9 Å². The lowest BCUT2D eigenvalue weighted by Gasteiger charge is -2.15. The van der Waals surface area contributed by atoms with Crippen molar-refractivity contribution >= 4 is 34.1 Å². The molecule has 1 aromatic heterocycles. The molecule has 5 rings (SSSR count). The largest absolute Gasteiger partial charge is 0.304 e. The van der Waals surface area contributed by atoms with Crippen LogP contribution >= 0.6 is 23.2 Å². The van der Waals surface area contributed by atoms with Crippen molar-refractivity contribution in [2.75, 3.05) is 0 Å². The molecule has 156 valence electrons. The van der Waals surface area contributed by atoms with E-state index in [-0.39, 0.29) is 11.4 Å². The second-order valence-electron chi connectivity index (χ2n) is 7.91. The normalized spacial score (nSPS) is 13.6. The van der Waals surface area contributed by atoms with E-state index in [1.165, 1.54) is 12.1 Å². The Bertz CT molecular complexity index is 1330. The predicted octanol–water partition coefficient (Wildman–Crippen LogP) is 6.01. The first kappa shape index (κ1) is 20.3. The van der Waals surface area contributed by atoms with Gasteiger partial charge in [-0.2, -0.15) is 0 Å². The minimum atomic E-state index is -0.352. The van der Waals surface area contributed by atoms with Crippen LogP contribution in [0, 0.1) is 5.82 Å². The Morgan fingerprint density at radius 1 is 0.806 bits per heavy atom. The van der Waals surface area contributed by atoms with Gasteiger partial charge in [0.1, 0.15) is 5.82 Å². The van der Waals surface area contributed by atoms with Crippen LogP contribution in [-0.2, 0) is 26.2 Å². The maximum atomic E-state index is 13.8. The summed E-state index contributed by atoms with van der Waals surface area (Å²) in [5, 5.41) is 2.12. The summed E-state index contributed by atoms with van der Waals surface area (Å²) in [6.45, 7) is 2.16. The number of nitrogens with zero attached hydrogens (tertiary/aromatic N) is 2. The maximum Gasteiger partial charge on any atom is 0.256 e. The Kier molecular flexibility index (Phi) is 5.30. The lowest BCUT2D eigenvalue weighted by Crippen LogP contribution is -2.25. The quantitative estimate of drug-likeness (QED) is 0.378. The summed E-state index contributed by atoms with van der Waals surface area (Å²) >= 11 is 12.0. The zero-order valence-corrected chi connectivity index (χ0v) is 18.1. The highest BCUT2D eigenvalue weighted by Gasteiger charge is 2.26. The smallest absolute Gasteiger partial charge is 0.256 e. The van der Waals surface area contributed by atoms with E-state index in [1.54, 1.807) is 6.07 Å². The summed E-state index contributed by atoms with van der Waals surface area (Å²) in [6, 6.07) is 20.1. The number of halogens is 3. The molecule has 3 aromatic carbocycles. The molecule has 0 bridgehead atoms. The zero-order valence-electron chi connectivity index (χ0n) is 16.6. The highest BCUT2D eigenvalue weighted by atomic mass is 35.5. The third kappa shape index (κ3) is 3.99. The molecular weight excluding hydrogens is 434 g/mol. The number of para-hydroxylation sites is 1. The van der Waals surface area contributed by atoms with Gasteiger partial charge in [0.25, 0.3) is 5.56 Å². The number of benzene rings is 3. The van der Waals surface area contributed by atoms with Crippen LogP contribution in [0.5, 0.6) is 0 Å². The summed E-state index contributed by atoms with van der Waals surface area (Å²) in [7, 11) is 0. The number of hydrogen-bond donors (Lipinski definition) is 0. The molecule has 0 amide bonds. The highest BCUT2D eigenvalue weighted by molar-refractivity contribution is 6.30. The van der Waals surface area contributed by atoms with Crippen LogP contribution in [0.15, 0.2) is 71.5 Å². The van der Waals surface area contributed by atoms with Crippen LogP contribution < -0.4 is 5.56 Å². The van der Waals surface area contributed by atoms with Gasteiger partial charge in [0, 0.05) is 40.6 Å². The summed E-state index contributed by atoms with van der Waals surface area (Å²) in [5.41, 5.74) is 4.59. The van der Waals surface area contributed by atoms with Gasteiger partial charge in [-0.25, -0.2) is 4.39 Å². The summed E-state index contributed by atoms with van der Waals surface area (Å²) in [6.07, 6.45) is 0. The van der Waals surface area contributed by atoms with Crippen LogP contribution in [0.2, 0.25) is 10.0 Å². The van der Waals surface area contributed by atoms with E-state index in [4.69, 9.17) is 23.2 Å². The zero-order chi connectivity index (χ0) is 21.5. The third-order valence-corrected chi connectivity index (χ3v) is 6.20. The molecule has 0 saturated carbocycles. The van der Waals surface area contributed by atoms with Crippen molar-refractivity contribution in [3.8, 4) is 0 Å². The molecule has 1 aliphatic heterocycles. The number of hydrogen-bond acceptors (Lipinski definition) is 2. The van der Waals surface area contributed by atoms with Crippen LogP contribution in [0.3, 0.4) is 0 Å². The van der Waals surface area contributed by atoms with Gasteiger partial charge < -0.3 is 4.57 Å². The molecule has 0 aliphatic carbocycles. The number of fused-ring (bicyclic) bond motifs is 3. The number of aromatic nitrogens is 1. The van der Waals surface area contributed by atoms with Gasteiger partial charge in [-0.15, -0.1) is 0 Å². The van der Waals surface area contributed by atoms with E-state index in [1.807, 2.05) is 47.0 Å². The highest BCUT2D eigenvalue weighted by Crippen LogP contribution is 2.30. The van der Waals surface area contributed by atoms with Gasteiger partial charge in [-0.1, -0.05) is 53.5 Å². The fraction of sp³-hybridized carbons (Fsp3) is 0.160. The first-order chi connectivity index (χ1) is 15.0. The van der Waals surface area contributed by atoms with E-state index in [9.17, 15) is 9.18 Å². The van der Waals surface area contributed by atoms with Crippen molar-refractivity contribution in [2.24, 2.45) is 0 Å². The Labute approximate surface area is 189 Å². The van der Waals surface area contributed by atoms with Gasteiger partial charge in [0.2, 0.25) is 0 Å². The Hall–Kier alpha value is -2.66. The molecular formula is C25H19Cl2FN2O. The van der Waals surface area contributed by atoms with Gasteiger partial charge in [0.05, 0.1) is 12.1 Å². The van der Waals surface area contributed by atoms with Gasteiger partial charge in [-0.3, -0.25) is 9.69 Å². The summed E-state index contributed by atoms with van der Waals surface area (Å²) in [4.78, 5) is 15.6. The summed E-state index contributed by atoms with van der Waals surface area (Å²) < 4.78 is 15.6. The predicted molar refractivity (Wildman–Crippen MR) is 123 cm³/mol. The van der Waals surface area contributed by atoms with Crippen LogP contribution in [-0.4, -0.2) is 9.47 Å². The van der Waals surface area contributed by atoms with Crippen molar-refractivity contribution in [3.63, 3.8) is 0 Å². The maximum absolute atomic E-state index is 13.8. The average Bonchev–Trinajstić information content (AvgIpc) is 3.16. The molecule has 0 unspecified atom stereocenters. The van der Waals surface area contributed by atoms with Gasteiger partial charge in [-0.05, 0) is 53.1 Å². The van der Waals surface area contributed by atoms with Crippen molar-refractivity contribution in [2.45, 2.75) is 26.2 Å². The number of pyridine rings is 1. The minimum Gasteiger partial charge on any atom is -0.304 e. The standard InChI is InChI=1S/C25H19Cl2FN2O/c26-18-7-5-16(6-8-18)13-30-24-4-2-1-3-21(24)22-14-29(15-23(22)25(30)31)12-17-9-19(27)11-20(28)10-17/h1-11H,12-15H2. The Balaban J connectivity index is 1.53. The second-order valence-corrected chi connectivity index (χ2v) is 8.79. The molecule has 4 aromatic rings. The van der Waals surface area contributed by atoms with Crippen molar-refractivity contribution in [1.29, 1.82) is 0 Å². The molecule has 3 nitrogen and oxygen atoms in total. The Morgan fingerprint density at radius 3 is 2.32 bits per heavy atom. The fourth-order valence-corrected chi connectivity index (χ4v) is 4.75. The molecule has 6 heteroatoms. The molecule has 0 fully saturated rings. The van der Waals surface area contributed by atoms with Crippen molar-refractivity contribution < 1.29 is 4.39 Å². The number of rotatable bonds is 4. The van der Waals surface area contributed by atoms with E-state index in [2.05, 4.69) is 11.0 Å². The van der Waals surface area contributed by atoms with Crippen LogP contribution in [0.1, 0.15) is 22.3 Å². The van der Waals surface area contributed by atoms with Crippen molar-refractivity contribution in [3.05, 3.63) is 115 Å². The topological polar surface area (TPSA) is 25.2 Å². The van der Waals surface area contributed by atoms with Gasteiger partial charge in [0.15, 0.2) is 0 Å². The average molecular weight is 453 g/mol. The van der Waals surface area contributed by atoms with Crippen molar-refractivity contribution in [1.82, 2.24) is 9.47 Å². The molecule has 0 saturated heterocycles. The van der Waals surface area contributed by atoms with E-state index in [0.29, 0.717) is 36.2 Å². The SMILES string of the molecule is O=c1c2c(c3ccccc3n1Cc1ccc(Cl)cc1)CN(Cc1cc(F)cc(Cl)c1)C2. The Morgan fingerprint density at radius 2 is 1.55 bits per heavy atom. The monoisotopic (exact) mass is 452 g/mol. The van der Waals surface area contributed by atoms with E-state index < -0.39 is 0 Å². The molecule has 0 radical (unpaired) electrons. The molecule has 0 N–H and O–H groups in total. The van der Waals surface area contributed by atoms with Gasteiger partial charge >= 0.3 is 0 Å². The molecule has 0 atom stereocenters. The minimum absolute atomic E-state index is 0.0171. The lowest BCUT2D eigenvalue weighted by atomic mass is 10.0. The van der Waals surface area contributed by atoms with E-state index >= 15 is 0 Å².